The van der Waals surface area contributed by atoms with Gasteiger partial charge in [-0.25, -0.2) is 4.79 Å². The minimum absolute atomic E-state index is 0.320. The first-order valence-electron chi connectivity index (χ1n) is 6.27. The molecule has 1 aliphatic heterocycles. The monoisotopic (exact) mass is 260 g/mol. The highest BCUT2D eigenvalue weighted by Crippen LogP contribution is 2.23. The van der Waals surface area contributed by atoms with Crippen LogP contribution in [-0.4, -0.2) is 29.3 Å². The van der Waals surface area contributed by atoms with Gasteiger partial charge in [0.15, 0.2) is 0 Å². The van der Waals surface area contributed by atoms with Gasteiger partial charge in [0, 0.05) is 6.54 Å². The number of carbonyl (C=O) groups excluding carboxylic acids is 3. The zero-order valence-electron chi connectivity index (χ0n) is 11.0. The van der Waals surface area contributed by atoms with Crippen LogP contribution in [0.1, 0.15) is 30.4 Å². The predicted octanol–water partition coefficient (Wildman–Crippen LogP) is 1.57. The van der Waals surface area contributed by atoms with Crippen LogP contribution in [0.5, 0.6) is 0 Å². The summed E-state index contributed by atoms with van der Waals surface area (Å²) < 4.78 is 0. The van der Waals surface area contributed by atoms with Crippen LogP contribution in [0, 0.1) is 6.92 Å². The number of hydrogen-bond donors (Lipinski definition) is 1. The molecule has 4 amide bonds. The number of rotatable bonds is 3. The lowest BCUT2D eigenvalue weighted by atomic mass is 9.94. The number of aryl methyl sites for hydroxylation is 1. The van der Waals surface area contributed by atoms with Crippen LogP contribution in [0.2, 0.25) is 0 Å². The van der Waals surface area contributed by atoms with Crippen LogP contribution < -0.4 is 5.32 Å². The molecule has 1 aliphatic rings. The Hall–Kier alpha value is -2.17. The van der Waals surface area contributed by atoms with Crippen molar-refractivity contribution in [3.8, 4) is 0 Å². The minimum atomic E-state index is -0.926. The van der Waals surface area contributed by atoms with Gasteiger partial charge in [-0.2, -0.15) is 0 Å². The molecule has 0 aliphatic carbocycles. The van der Waals surface area contributed by atoms with Crippen molar-refractivity contribution in [1.29, 1.82) is 0 Å². The third kappa shape index (κ3) is 2.50. The Morgan fingerprint density at radius 3 is 2.37 bits per heavy atom. The molecule has 0 bridgehead atoms. The summed E-state index contributed by atoms with van der Waals surface area (Å²) in [6.45, 7) is 4.12. The predicted molar refractivity (Wildman–Crippen MR) is 69.5 cm³/mol. The first-order valence-corrected chi connectivity index (χ1v) is 6.27. The van der Waals surface area contributed by atoms with Crippen molar-refractivity contribution < 1.29 is 14.4 Å². The Morgan fingerprint density at radius 1 is 1.16 bits per heavy atom. The maximum Gasteiger partial charge on any atom is 0.330 e. The SMILES string of the molecule is CCCN1C(=O)NC(=O)C(c2ccc(C)cc2)C1=O. The molecule has 19 heavy (non-hydrogen) atoms. The summed E-state index contributed by atoms with van der Waals surface area (Å²) in [7, 11) is 0. The summed E-state index contributed by atoms with van der Waals surface area (Å²) in [6, 6.07) is 6.56. The molecule has 1 aromatic carbocycles. The lowest BCUT2D eigenvalue weighted by Crippen LogP contribution is -2.56. The van der Waals surface area contributed by atoms with Crippen molar-refractivity contribution >= 4 is 17.8 Å². The van der Waals surface area contributed by atoms with Gasteiger partial charge in [0.25, 0.3) is 0 Å². The van der Waals surface area contributed by atoms with Crippen molar-refractivity contribution in [3.63, 3.8) is 0 Å². The summed E-state index contributed by atoms with van der Waals surface area (Å²) in [6.07, 6.45) is 0.661. The van der Waals surface area contributed by atoms with Gasteiger partial charge in [-0.3, -0.25) is 19.8 Å². The van der Waals surface area contributed by atoms with E-state index >= 15 is 0 Å². The van der Waals surface area contributed by atoms with E-state index in [1.807, 2.05) is 26.0 Å². The number of imide groups is 2. The van der Waals surface area contributed by atoms with E-state index in [1.54, 1.807) is 12.1 Å². The van der Waals surface area contributed by atoms with Gasteiger partial charge >= 0.3 is 6.03 Å². The number of benzene rings is 1. The third-order valence-corrected chi connectivity index (χ3v) is 3.11. The number of nitrogens with zero attached hydrogens (tertiary/aromatic N) is 1. The number of nitrogens with one attached hydrogen (secondary N) is 1. The molecule has 0 spiro atoms. The van der Waals surface area contributed by atoms with Crippen molar-refractivity contribution in [3.05, 3.63) is 35.4 Å². The van der Waals surface area contributed by atoms with Crippen molar-refractivity contribution in [2.75, 3.05) is 6.54 Å². The lowest BCUT2D eigenvalue weighted by molar-refractivity contribution is -0.138. The topological polar surface area (TPSA) is 66.5 Å². The van der Waals surface area contributed by atoms with Gasteiger partial charge < -0.3 is 0 Å². The fourth-order valence-corrected chi connectivity index (χ4v) is 2.10. The molecule has 1 atom stereocenters. The first-order chi connectivity index (χ1) is 9.04. The van der Waals surface area contributed by atoms with E-state index in [2.05, 4.69) is 5.32 Å². The average molecular weight is 260 g/mol. The van der Waals surface area contributed by atoms with Gasteiger partial charge in [-0.1, -0.05) is 36.8 Å². The molecular formula is C14H16N2O3. The maximum atomic E-state index is 12.3. The van der Waals surface area contributed by atoms with Gasteiger partial charge in [0.2, 0.25) is 11.8 Å². The molecule has 0 saturated carbocycles. The van der Waals surface area contributed by atoms with E-state index in [0.29, 0.717) is 18.5 Å². The van der Waals surface area contributed by atoms with E-state index < -0.39 is 23.8 Å². The molecule has 1 saturated heterocycles. The molecule has 1 N–H and O–H groups in total. The maximum absolute atomic E-state index is 12.3. The quantitative estimate of drug-likeness (QED) is 0.839. The number of amides is 4. The van der Waals surface area contributed by atoms with E-state index in [0.717, 1.165) is 10.5 Å². The highest BCUT2D eigenvalue weighted by molar-refractivity contribution is 6.19. The Labute approximate surface area is 111 Å². The molecule has 0 radical (unpaired) electrons. The molecule has 1 unspecified atom stereocenters. The van der Waals surface area contributed by atoms with Gasteiger partial charge in [0.05, 0.1) is 0 Å². The fraction of sp³-hybridized carbons (Fsp3) is 0.357. The summed E-state index contributed by atoms with van der Waals surface area (Å²) in [5, 5.41) is 2.24. The molecule has 1 aromatic rings. The summed E-state index contributed by atoms with van der Waals surface area (Å²) in [5.74, 6) is -1.92. The van der Waals surface area contributed by atoms with E-state index in [-0.39, 0.29) is 0 Å². The van der Waals surface area contributed by atoms with Crippen LogP contribution in [0.3, 0.4) is 0 Å². The number of hydrogen-bond acceptors (Lipinski definition) is 3. The Kier molecular flexibility index (Phi) is 3.64. The Morgan fingerprint density at radius 2 is 1.79 bits per heavy atom. The second-order valence-electron chi connectivity index (χ2n) is 4.63. The van der Waals surface area contributed by atoms with Crippen LogP contribution in [0.25, 0.3) is 0 Å². The minimum Gasteiger partial charge on any atom is -0.277 e. The number of barbiturate groups is 1. The third-order valence-electron chi connectivity index (χ3n) is 3.11. The highest BCUT2D eigenvalue weighted by atomic mass is 16.2. The summed E-state index contributed by atoms with van der Waals surface area (Å²) in [4.78, 5) is 36.8. The first kappa shape index (κ1) is 13.3. The smallest absolute Gasteiger partial charge is 0.277 e. The largest absolute Gasteiger partial charge is 0.330 e. The van der Waals surface area contributed by atoms with E-state index in [4.69, 9.17) is 0 Å². The molecule has 2 rings (SSSR count). The van der Waals surface area contributed by atoms with Gasteiger partial charge in [-0.15, -0.1) is 0 Å². The normalized spacial score (nSPS) is 19.6. The van der Waals surface area contributed by atoms with Crippen LogP contribution in [-0.2, 0) is 9.59 Å². The van der Waals surface area contributed by atoms with E-state index in [1.165, 1.54) is 0 Å². The van der Waals surface area contributed by atoms with Crippen LogP contribution in [0.15, 0.2) is 24.3 Å². The molecule has 1 heterocycles. The summed E-state index contributed by atoms with van der Waals surface area (Å²) in [5.41, 5.74) is 1.66. The second kappa shape index (κ2) is 5.22. The zero-order valence-corrected chi connectivity index (χ0v) is 11.0. The average Bonchev–Trinajstić information content (AvgIpc) is 2.36. The van der Waals surface area contributed by atoms with E-state index in [9.17, 15) is 14.4 Å². The zero-order chi connectivity index (χ0) is 14.0. The van der Waals surface area contributed by atoms with Crippen LogP contribution in [0.4, 0.5) is 4.79 Å². The summed E-state index contributed by atoms with van der Waals surface area (Å²) >= 11 is 0. The molecule has 1 fully saturated rings. The van der Waals surface area contributed by atoms with Gasteiger partial charge in [-0.05, 0) is 18.9 Å². The van der Waals surface area contributed by atoms with Crippen LogP contribution >= 0.6 is 0 Å². The molecule has 0 aromatic heterocycles. The van der Waals surface area contributed by atoms with Crippen molar-refractivity contribution in [2.45, 2.75) is 26.2 Å². The molecule has 5 nitrogen and oxygen atoms in total. The number of carbonyl (C=O) groups is 3. The van der Waals surface area contributed by atoms with Crippen molar-refractivity contribution in [2.24, 2.45) is 0 Å². The van der Waals surface area contributed by atoms with Gasteiger partial charge in [0.1, 0.15) is 5.92 Å². The number of urea groups is 1. The molecular weight excluding hydrogens is 244 g/mol. The fourth-order valence-electron chi connectivity index (χ4n) is 2.10. The molecule has 100 valence electrons. The Balaban J connectivity index is 2.33. The Bertz CT molecular complexity index is 522. The standard InChI is InChI=1S/C14H16N2O3/c1-3-8-16-13(18)11(12(17)15-14(16)19)10-6-4-9(2)5-7-10/h4-7,11H,3,8H2,1-2H3,(H,15,17,19). The van der Waals surface area contributed by atoms with Crippen molar-refractivity contribution in [1.82, 2.24) is 10.2 Å². The second-order valence-corrected chi connectivity index (χ2v) is 4.63. The highest BCUT2D eigenvalue weighted by Gasteiger charge is 2.40. The lowest BCUT2D eigenvalue weighted by Gasteiger charge is -2.30. The molecule has 5 heteroatoms.